The molecule has 0 heterocycles. The van der Waals surface area contributed by atoms with Crippen LogP contribution in [0.15, 0.2) is 72.9 Å². The quantitative estimate of drug-likeness (QED) is 0.0261. The minimum atomic E-state index is -0.783. The van der Waals surface area contributed by atoms with E-state index in [1.807, 2.05) is 0 Å². The molecule has 0 aliphatic carbocycles. The number of allylic oxidation sites excluding steroid dienone is 12. The van der Waals surface area contributed by atoms with Crippen molar-refractivity contribution < 1.29 is 28.6 Å². The van der Waals surface area contributed by atoms with Gasteiger partial charge in [-0.15, -0.1) is 0 Å². The second kappa shape index (κ2) is 62.4. The Balaban J connectivity index is 4.34. The normalized spacial score (nSPS) is 12.5. The van der Waals surface area contributed by atoms with Gasteiger partial charge in [0.05, 0.1) is 0 Å². The van der Waals surface area contributed by atoms with E-state index in [1.54, 1.807) is 0 Å². The zero-order valence-corrected chi connectivity index (χ0v) is 49.1. The van der Waals surface area contributed by atoms with E-state index in [9.17, 15) is 14.4 Å². The van der Waals surface area contributed by atoms with E-state index >= 15 is 0 Å². The van der Waals surface area contributed by atoms with Gasteiger partial charge in [0.1, 0.15) is 13.2 Å². The minimum absolute atomic E-state index is 0.0804. The Morgan fingerprint density at radius 1 is 0.284 bits per heavy atom. The van der Waals surface area contributed by atoms with Gasteiger partial charge in [-0.05, 0) is 89.9 Å². The molecular weight excluding hydrogens is 913 g/mol. The third kappa shape index (κ3) is 59.7. The highest BCUT2D eigenvalue weighted by Gasteiger charge is 2.19. The molecule has 1 unspecified atom stereocenters. The van der Waals surface area contributed by atoms with Crippen molar-refractivity contribution in [3.63, 3.8) is 0 Å². The third-order valence-electron chi connectivity index (χ3n) is 13.9. The first-order valence-corrected chi connectivity index (χ1v) is 31.9. The zero-order chi connectivity index (χ0) is 53.6. The maximum absolute atomic E-state index is 12.9. The molecule has 0 fully saturated rings. The lowest BCUT2D eigenvalue weighted by Crippen LogP contribution is -2.30. The first-order chi connectivity index (χ1) is 36.5. The molecule has 0 N–H and O–H groups in total. The molecule has 0 rings (SSSR count). The molecule has 0 amide bonds. The first-order valence-electron chi connectivity index (χ1n) is 31.9. The molecule has 428 valence electrons. The molecule has 0 saturated carbocycles. The van der Waals surface area contributed by atoms with Gasteiger partial charge in [-0.2, -0.15) is 0 Å². The predicted octanol–water partition coefficient (Wildman–Crippen LogP) is 21.7. The molecule has 0 spiro atoms. The summed E-state index contributed by atoms with van der Waals surface area (Å²) in [6.07, 6.45) is 80.5. The summed E-state index contributed by atoms with van der Waals surface area (Å²) in [4.78, 5) is 38.3. The SMILES string of the molecule is CC/C=C\C/C=C\C/C=C\C/C=C\C/C=C\CCCCCCCCCC(=O)OCC(COC(=O)CCCCCCC/C=C\CCCCCC)OC(=O)CCCCCCCCCCCCCCCCCCCCCC. The molecule has 0 bridgehead atoms. The van der Waals surface area contributed by atoms with Gasteiger partial charge in [-0.1, -0.05) is 286 Å². The van der Waals surface area contributed by atoms with E-state index in [4.69, 9.17) is 14.2 Å². The molecular formula is C68H120O6. The Labute approximate surface area is 459 Å². The van der Waals surface area contributed by atoms with Crippen LogP contribution in [0, 0.1) is 0 Å². The summed E-state index contributed by atoms with van der Waals surface area (Å²) < 4.78 is 16.9. The molecule has 0 radical (unpaired) electrons. The number of hydrogen-bond donors (Lipinski definition) is 0. The molecule has 0 saturated heterocycles. The summed E-state index contributed by atoms with van der Waals surface area (Å²) in [7, 11) is 0. The molecule has 6 nitrogen and oxygen atoms in total. The van der Waals surface area contributed by atoms with E-state index < -0.39 is 6.10 Å². The summed E-state index contributed by atoms with van der Waals surface area (Å²) in [5, 5.41) is 0. The minimum Gasteiger partial charge on any atom is -0.462 e. The van der Waals surface area contributed by atoms with Crippen molar-refractivity contribution in [2.75, 3.05) is 13.2 Å². The molecule has 74 heavy (non-hydrogen) atoms. The van der Waals surface area contributed by atoms with Crippen LogP contribution in [0.4, 0.5) is 0 Å². The van der Waals surface area contributed by atoms with Gasteiger partial charge in [0.2, 0.25) is 0 Å². The van der Waals surface area contributed by atoms with Crippen molar-refractivity contribution in [3.05, 3.63) is 72.9 Å². The van der Waals surface area contributed by atoms with Crippen LogP contribution in [0.1, 0.15) is 323 Å². The molecule has 0 aromatic heterocycles. The number of rotatable bonds is 58. The second-order valence-corrected chi connectivity index (χ2v) is 21.3. The third-order valence-corrected chi connectivity index (χ3v) is 13.9. The van der Waals surface area contributed by atoms with Crippen molar-refractivity contribution in [3.8, 4) is 0 Å². The van der Waals surface area contributed by atoms with Crippen LogP contribution in [-0.2, 0) is 28.6 Å². The van der Waals surface area contributed by atoms with Crippen molar-refractivity contribution >= 4 is 17.9 Å². The maximum atomic E-state index is 12.9. The number of unbranched alkanes of at least 4 members (excludes halogenated alkanes) is 35. The Kier molecular flexibility index (Phi) is 59.7. The van der Waals surface area contributed by atoms with E-state index in [-0.39, 0.29) is 31.1 Å². The van der Waals surface area contributed by atoms with Crippen molar-refractivity contribution in [2.45, 2.75) is 329 Å². The lowest BCUT2D eigenvalue weighted by atomic mass is 10.0. The second-order valence-electron chi connectivity index (χ2n) is 21.3. The standard InChI is InChI=1S/C68H120O6/c1-4-7-10-13-16-19-22-25-27-29-31-33-34-35-37-38-40-43-46-49-52-55-58-61-67(70)73-64-65(63-72-66(69)60-57-54-51-48-45-42-24-21-18-15-12-9-6-3)74-68(71)62-59-56-53-50-47-44-41-39-36-32-30-28-26-23-20-17-14-11-8-5-2/h7,10,16,19,21,24-25,27,31,33,35,37,65H,4-6,8-9,11-15,17-18,20,22-23,26,28-30,32,34,36,38-64H2,1-3H3/b10-7-,19-16-,24-21-,27-25-,33-31-,37-35-. The number of carbonyl (C=O) groups is 3. The topological polar surface area (TPSA) is 78.9 Å². The molecule has 1 atom stereocenters. The summed E-state index contributed by atoms with van der Waals surface area (Å²) in [6.45, 7) is 6.54. The van der Waals surface area contributed by atoms with E-state index in [0.29, 0.717) is 19.3 Å². The van der Waals surface area contributed by atoms with Gasteiger partial charge < -0.3 is 14.2 Å². The van der Waals surface area contributed by atoms with Gasteiger partial charge in [0, 0.05) is 19.3 Å². The Morgan fingerprint density at radius 2 is 0.527 bits per heavy atom. The van der Waals surface area contributed by atoms with Gasteiger partial charge in [-0.3, -0.25) is 14.4 Å². The molecule has 0 aliphatic heterocycles. The fraction of sp³-hybridized carbons (Fsp3) is 0.779. The van der Waals surface area contributed by atoms with Gasteiger partial charge in [0.25, 0.3) is 0 Å². The average molecular weight is 1030 g/mol. The fourth-order valence-electron chi connectivity index (χ4n) is 9.17. The Hall–Kier alpha value is -3.15. The molecule has 0 aliphatic rings. The van der Waals surface area contributed by atoms with E-state index in [0.717, 1.165) is 103 Å². The van der Waals surface area contributed by atoms with Crippen LogP contribution in [0.25, 0.3) is 0 Å². The molecule has 6 heteroatoms. The highest BCUT2D eigenvalue weighted by atomic mass is 16.6. The molecule has 0 aromatic carbocycles. The van der Waals surface area contributed by atoms with Crippen LogP contribution in [0.3, 0.4) is 0 Å². The summed E-state index contributed by atoms with van der Waals surface area (Å²) >= 11 is 0. The largest absolute Gasteiger partial charge is 0.462 e. The predicted molar refractivity (Wildman–Crippen MR) is 321 cm³/mol. The van der Waals surface area contributed by atoms with E-state index in [2.05, 4.69) is 93.7 Å². The zero-order valence-electron chi connectivity index (χ0n) is 49.1. The van der Waals surface area contributed by atoms with Crippen LogP contribution in [0.5, 0.6) is 0 Å². The molecule has 0 aromatic rings. The van der Waals surface area contributed by atoms with Gasteiger partial charge >= 0.3 is 17.9 Å². The lowest BCUT2D eigenvalue weighted by molar-refractivity contribution is -0.167. The number of hydrogen-bond acceptors (Lipinski definition) is 6. The van der Waals surface area contributed by atoms with Gasteiger partial charge in [-0.25, -0.2) is 0 Å². The van der Waals surface area contributed by atoms with Crippen LogP contribution < -0.4 is 0 Å². The maximum Gasteiger partial charge on any atom is 0.306 e. The number of ether oxygens (including phenoxy) is 3. The summed E-state index contributed by atoms with van der Waals surface area (Å²) in [5.74, 6) is -0.883. The monoisotopic (exact) mass is 1030 g/mol. The van der Waals surface area contributed by atoms with Crippen LogP contribution in [-0.4, -0.2) is 37.2 Å². The van der Waals surface area contributed by atoms with E-state index in [1.165, 1.54) is 180 Å². The Bertz CT molecular complexity index is 1370. The van der Waals surface area contributed by atoms with Crippen molar-refractivity contribution in [1.82, 2.24) is 0 Å². The summed E-state index contributed by atoms with van der Waals surface area (Å²) in [5.41, 5.74) is 0. The van der Waals surface area contributed by atoms with Crippen molar-refractivity contribution in [1.29, 1.82) is 0 Å². The summed E-state index contributed by atoms with van der Waals surface area (Å²) in [6, 6.07) is 0. The van der Waals surface area contributed by atoms with Crippen molar-refractivity contribution in [2.24, 2.45) is 0 Å². The fourth-order valence-corrected chi connectivity index (χ4v) is 9.17. The highest BCUT2D eigenvalue weighted by molar-refractivity contribution is 5.71. The van der Waals surface area contributed by atoms with Crippen LogP contribution in [0.2, 0.25) is 0 Å². The lowest BCUT2D eigenvalue weighted by Gasteiger charge is -2.18. The number of esters is 3. The smallest absolute Gasteiger partial charge is 0.306 e. The van der Waals surface area contributed by atoms with Gasteiger partial charge in [0.15, 0.2) is 6.10 Å². The van der Waals surface area contributed by atoms with Crippen LogP contribution >= 0.6 is 0 Å². The highest BCUT2D eigenvalue weighted by Crippen LogP contribution is 2.17. The average Bonchev–Trinajstić information content (AvgIpc) is 3.40. The number of carbonyl (C=O) groups excluding carboxylic acids is 3. The Morgan fingerprint density at radius 3 is 0.851 bits per heavy atom. The first kappa shape index (κ1) is 70.8.